The maximum Gasteiger partial charge on any atom is 0.239 e. The maximum atomic E-state index is 13.4. The van der Waals surface area contributed by atoms with Gasteiger partial charge in [0.2, 0.25) is 17.7 Å². The Hall–Kier alpha value is -2.61. The molecule has 1 fully saturated rings. The summed E-state index contributed by atoms with van der Waals surface area (Å²) in [4.78, 5) is 17.3. The van der Waals surface area contributed by atoms with E-state index in [1.165, 1.54) is 0 Å². The van der Waals surface area contributed by atoms with E-state index in [1.54, 1.807) is 7.11 Å². The van der Waals surface area contributed by atoms with Crippen LogP contribution in [0, 0.1) is 5.92 Å². The van der Waals surface area contributed by atoms with Crippen molar-refractivity contribution in [1.82, 2.24) is 20.0 Å². The van der Waals surface area contributed by atoms with Crippen molar-refractivity contribution in [2.45, 2.75) is 38.3 Å². The Morgan fingerprint density at radius 3 is 2.97 bits per heavy atom. The third-order valence-electron chi connectivity index (χ3n) is 5.53. The number of nitrogens with zero attached hydrogens (tertiary/aromatic N) is 4. The SMILES string of the molecule is COc1ccc2c(c1)CC(C(=O)N1CCCCC1c1nnc(CN(C)C)o1)CO2. The zero-order valence-corrected chi connectivity index (χ0v) is 17.3. The molecule has 0 radical (unpaired) electrons. The highest BCUT2D eigenvalue weighted by molar-refractivity contribution is 5.80. The van der Waals surface area contributed by atoms with Crippen molar-refractivity contribution in [3.8, 4) is 11.5 Å². The van der Waals surface area contributed by atoms with Crippen molar-refractivity contribution >= 4 is 5.91 Å². The summed E-state index contributed by atoms with van der Waals surface area (Å²) in [6.45, 7) is 1.68. The van der Waals surface area contributed by atoms with Crippen LogP contribution in [-0.4, -0.2) is 60.3 Å². The second-order valence-electron chi connectivity index (χ2n) is 8.00. The summed E-state index contributed by atoms with van der Waals surface area (Å²) in [5.41, 5.74) is 1.01. The molecule has 8 nitrogen and oxygen atoms in total. The number of aromatic nitrogens is 2. The van der Waals surface area contributed by atoms with E-state index in [0.717, 1.165) is 36.3 Å². The third kappa shape index (κ3) is 4.22. The molecular formula is C21H28N4O4. The highest BCUT2D eigenvalue weighted by atomic mass is 16.5. The molecule has 8 heteroatoms. The van der Waals surface area contributed by atoms with E-state index in [4.69, 9.17) is 13.9 Å². The number of hydrogen-bond acceptors (Lipinski definition) is 7. The number of amides is 1. The Morgan fingerprint density at radius 2 is 2.17 bits per heavy atom. The fourth-order valence-electron chi connectivity index (χ4n) is 4.08. The van der Waals surface area contributed by atoms with Crippen LogP contribution >= 0.6 is 0 Å². The van der Waals surface area contributed by atoms with E-state index in [2.05, 4.69) is 10.2 Å². The lowest BCUT2D eigenvalue weighted by atomic mass is 9.93. The third-order valence-corrected chi connectivity index (χ3v) is 5.53. The van der Waals surface area contributed by atoms with Crippen molar-refractivity contribution in [2.75, 3.05) is 34.4 Å². The molecule has 4 rings (SSSR count). The molecule has 0 spiro atoms. The molecule has 1 saturated heterocycles. The van der Waals surface area contributed by atoms with Crippen molar-refractivity contribution in [1.29, 1.82) is 0 Å². The van der Waals surface area contributed by atoms with Crippen molar-refractivity contribution < 1.29 is 18.7 Å². The first-order valence-electron chi connectivity index (χ1n) is 10.1. The number of hydrogen-bond donors (Lipinski definition) is 0. The summed E-state index contributed by atoms with van der Waals surface area (Å²) in [6, 6.07) is 5.58. The van der Waals surface area contributed by atoms with Gasteiger partial charge in [-0.2, -0.15) is 0 Å². The summed E-state index contributed by atoms with van der Waals surface area (Å²) in [6.07, 6.45) is 3.51. The topological polar surface area (TPSA) is 80.9 Å². The lowest BCUT2D eigenvalue weighted by Crippen LogP contribution is -2.45. The molecule has 1 amide bonds. The monoisotopic (exact) mass is 400 g/mol. The molecule has 1 aromatic heterocycles. The van der Waals surface area contributed by atoms with Crippen molar-refractivity contribution in [3.05, 3.63) is 35.5 Å². The largest absolute Gasteiger partial charge is 0.497 e. The van der Waals surface area contributed by atoms with Gasteiger partial charge in [0.1, 0.15) is 24.1 Å². The standard InChI is InChI=1S/C21H28N4O4/c1-24(2)12-19-22-23-20(29-19)17-6-4-5-9-25(17)21(26)15-10-14-11-16(27-3)7-8-18(14)28-13-15/h7-8,11,15,17H,4-6,9-10,12-13H2,1-3H3. The quantitative estimate of drug-likeness (QED) is 0.762. The van der Waals surface area contributed by atoms with Crippen LogP contribution in [0.1, 0.15) is 42.6 Å². The Morgan fingerprint density at radius 1 is 1.31 bits per heavy atom. The van der Waals surface area contributed by atoms with E-state index in [9.17, 15) is 4.79 Å². The second-order valence-corrected chi connectivity index (χ2v) is 8.00. The van der Waals surface area contributed by atoms with E-state index in [-0.39, 0.29) is 17.9 Å². The molecular weight excluding hydrogens is 372 g/mol. The molecule has 0 bridgehead atoms. The predicted octanol–water partition coefficient (Wildman–Crippen LogP) is 2.44. The average Bonchev–Trinajstić information content (AvgIpc) is 3.20. The zero-order chi connectivity index (χ0) is 20.4. The van der Waals surface area contributed by atoms with Gasteiger partial charge in [-0.3, -0.25) is 4.79 Å². The molecule has 0 aliphatic carbocycles. The van der Waals surface area contributed by atoms with Crippen LogP contribution in [0.25, 0.3) is 0 Å². The van der Waals surface area contributed by atoms with Gasteiger partial charge >= 0.3 is 0 Å². The number of carbonyl (C=O) groups is 1. The van der Waals surface area contributed by atoms with Crippen LogP contribution in [-0.2, 0) is 17.8 Å². The number of carbonyl (C=O) groups excluding carboxylic acids is 1. The molecule has 2 aliphatic rings. The molecule has 2 atom stereocenters. The molecule has 0 N–H and O–H groups in total. The van der Waals surface area contributed by atoms with Gasteiger partial charge in [0.25, 0.3) is 0 Å². The molecule has 1 aromatic carbocycles. The lowest BCUT2D eigenvalue weighted by Gasteiger charge is -2.37. The van der Waals surface area contributed by atoms with Crippen LogP contribution < -0.4 is 9.47 Å². The average molecular weight is 400 g/mol. The van der Waals surface area contributed by atoms with Crippen LogP contribution in [0.2, 0.25) is 0 Å². The van der Waals surface area contributed by atoms with Gasteiger partial charge < -0.3 is 23.7 Å². The fraction of sp³-hybridized carbons (Fsp3) is 0.571. The fourth-order valence-corrected chi connectivity index (χ4v) is 4.08. The smallest absolute Gasteiger partial charge is 0.239 e. The number of benzene rings is 1. The molecule has 29 heavy (non-hydrogen) atoms. The minimum atomic E-state index is -0.223. The van der Waals surface area contributed by atoms with Gasteiger partial charge in [0, 0.05) is 6.54 Å². The van der Waals surface area contributed by atoms with Gasteiger partial charge in [-0.1, -0.05) is 0 Å². The molecule has 0 saturated carbocycles. The minimum Gasteiger partial charge on any atom is -0.497 e. The van der Waals surface area contributed by atoms with E-state index < -0.39 is 0 Å². The Kier molecular flexibility index (Phi) is 5.71. The number of fused-ring (bicyclic) bond motifs is 1. The number of methoxy groups -OCH3 is 1. The number of piperidine rings is 1. The lowest BCUT2D eigenvalue weighted by molar-refractivity contribution is -0.141. The Balaban J connectivity index is 1.51. The summed E-state index contributed by atoms with van der Waals surface area (Å²) < 4.78 is 17.1. The predicted molar refractivity (Wildman–Crippen MR) is 106 cm³/mol. The minimum absolute atomic E-state index is 0.0931. The highest BCUT2D eigenvalue weighted by Crippen LogP contribution is 2.35. The first-order valence-corrected chi connectivity index (χ1v) is 10.1. The Labute approximate surface area is 170 Å². The summed E-state index contributed by atoms with van der Waals surface area (Å²) in [7, 11) is 5.55. The molecule has 2 unspecified atom stereocenters. The zero-order valence-electron chi connectivity index (χ0n) is 17.3. The van der Waals surface area contributed by atoms with Gasteiger partial charge in [-0.15, -0.1) is 10.2 Å². The van der Waals surface area contributed by atoms with Crippen LogP contribution in [0.5, 0.6) is 11.5 Å². The summed E-state index contributed by atoms with van der Waals surface area (Å²) in [5.74, 6) is 2.58. The molecule has 156 valence electrons. The van der Waals surface area contributed by atoms with Gasteiger partial charge in [-0.25, -0.2) is 0 Å². The van der Waals surface area contributed by atoms with Gasteiger partial charge in [0.15, 0.2) is 0 Å². The van der Waals surface area contributed by atoms with Gasteiger partial charge in [0.05, 0.1) is 19.6 Å². The number of ether oxygens (including phenoxy) is 2. The number of likely N-dealkylation sites (tertiary alicyclic amines) is 1. The van der Waals surface area contributed by atoms with Crippen LogP contribution in [0.15, 0.2) is 22.6 Å². The molecule has 3 heterocycles. The first-order chi connectivity index (χ1) is 14.0. The Bertz CT molecular complexity index is 866. The summed E-state index contributed by atoms with van der Waals surface area (Å²) in [5, 5.41) is 8.40. The highest BCUT2D eigenvalue weighted by Gasteiger charge is 2.37. The summed E-state index contributed by atoms with van der Waals surface area (Å²) >= 11 is 0. The van der Waals surface area contributed by atoms with Crippen molar-refractivity contribution in [2.24, 2.45) is 5.92 Å². The van der Waals surface area contributed by atoms with Gasteiger partial charge in [-0.05, 0) is 63.5 Å². The van der Waals surface area contributed by atoms with Crippen LogP contribution in [0.4, 0.5) is 0 Å². The first kappa shape index (κ1) is 19.7. The maximum absolute atomic E-state index is 13.4. The van der Waals surface area contributed by atoms with Crippen molar-refractivity contribution in [3.63, 3.8) is 0 Å². The van der Waals surface area contributed by atoms with E-state index >= 15 is 0 Å². The van der Waals surface area contributed by atoms with Crippen LogP contribution in [0.3, 0.4) is 0 Å². The number of rotatable bonds is 5. The molecule has 2 aliphatic heterocycles. The van der Waals surface area contributed by atoms with E-state index in [1.807, 2.05) is 42.1 Å². The normalized spacial score (nSPS) is 21.6. The van der Waals surface area contributed by atoms with E-state index in [0.29, 0.717) is 37.9 Å². The molecule has 2 aromatic rings. The second kappa shape index (κ2) is 8.41.